The maximum absolute atomic E-state index is 12.8. The van der Waals surface area contributed by atoms with Gasteiger partial charge >= 0.3 is 0 Å². The fourth-order valence-corrected chi connectivity index (χ4v) is 4.93. The van der Waals surface area contributed by atoms with E-state index in [9.17, 15) is 14.4 Å². The van der Waals surface area contributed by atoms with E-state index in [0.717, 1.165) is 32.4 Å². The number of para-hydroxylation sites is 1. The van der Waals surface area contributed by atoms with Crippen LogP contribution in [0, 0.1) is 18.8 Å². The molecule has 2 amide bonds. The summed E-state index contributed by atoms with van der Waals surface area (Å²) in [6.07, 6.45) is 4.01. The van der Waals surface area contributed by atoms with E-state index in [1.54, 1.807) is 17.6 Å². The lowest BCUT2D eigenvalue weighted by Crippen LogP contribution is -2.47. The van der Waals surface area contributed by atoms with Crippen molar-refractivity contribution in [2.45, 2.75) is 52.5 Å². The van der Waals surface area contributed by atoms with Crippen molar-refractivity contribution in [1.82, 2.24) is 19.4 Å². The number of piperidine rings is 2. The van der Waals surface area contributed by atoms with E-state index in [1.807, 2.05) is 28.0 Å². The summed E-state index contributed by atoms with van der Waals surface area (Å²) in [6.45, 7) is 7.30. The van der Waals surface area contributed by atoms with Gasteiger partial charge < -0.3 is 9.80 Å². The molecule has 1 atom stereocenters. The van der Waals surface area contributed by atoms with Gasteiger partial charge in [-0.3, -0.25) is 19.0 Å². The molecule has 2 aromatic rings. The van der Waals surface area contributed by atoms with Crippen molar-refractivity contribution < 1.29 is 9.59 Å². The molecule has 1 aromatic heterocycles. The highest BCUT2D eigenvalue weighted by Gasteiger charge is 2.31. The van der Waals surface area contributed by atoms with Crippen LogP contribution in [0.15, 0.2) is 29.1 Å². The van der Waals surface area contributed by atoms with Crippen LogP contribution in [0.5, 0.6) is 0 Å². The molecule has 0 spiro atoms. The standard InChI is InChI=1S/C24H32N4O3/c1-17-6-5-12-27(16-17)23(30)19-9-13-26(14-10-19)22(29)11-15-28-18(2)25-21-8-4-3-7-20(21)24(28)31/h3-4,7-8,17,19H,5-6,9-16H2,1-2H3. The number of nitrogens with zero attached hydrogens (tertiary/aromatic N) is 4. The molecule has 2 fully saturated rings. The minimum Gasteiger partial charge on any atom is -0.343 e. The first-order valence-corrected chi connectivity index (χ1v) is 11.5. The summed E-state index contributed by atoms with van der Waals surface area (Å²) >= 11 is 0. The van der Waals surface area contributed by atoms with Crippen molar-refractivity contribution in [3.63, 3.8) is 0 Å². The highest BCUT2D eigenvalue weighted by molar-refractivity contribution is 5.80. The molecule has 2 aliphatic rings. The van der Waals surface area contributed by atoms with E-state index in [0.29, 0.717) is 42.3 Å². The number of carbonyl (C=O) groups is 2. The smallest absolute Gasteiger partial charge is 0.261 e. The van der Waals surface area contributed by atoms with E-state index >= 15 is 0 Å². The van der Waals surface area contributed by atoms with Crippen molar-refractivity contribution in [1.29, 1.82) is 0 Å². The van der Waals surface area contributed by atoms with E-state index in [1.165, 1.54) is 6.42 Å². The Morgan fingerprint density at radius 1 is 1.06 bits per heavy atom. The first kappa shape index (κ1) is 21.5. The lowest BCUT2D eigenvalue weighted by molar-refractivity contribution is -0.142. The van der Waals surface area contributed by atoms with Gasteiger partial charge in [-0.25, -0.2) is 4.98 Å². The Morgan fingerprint density at radius 3 is 2.55 bits per heavy atom. The minimum absolute atomic E-state index is 0.0314. The van der Waals surface area contributed by atoms with Crippen LogP contribution in [0.25, 0.3) is 10.9 Å². The van der Waals surface area contributed by atoms with Crippen LogP contribution in [0.4, 0.5) is 0 Å². The summed E-state index contributed by atoms with van der Waals surface area (Å²) in [5, 5.41) is 0.576. The molecule has 0 bridgehead atoms. The highest BCUT2D eigenvalue weighted by atomic mass is 16.2. The van der Waals surface area contributed by atoms with Gasteiger partial charge in [0.05, 0.1) is 10.9 Å². The number of fused-ring (bicyclic) bond motifs is 1. The number of benzene rings is 1. The van der Waals surface area contributed by atoms with Crippen LogP contribution in [-0.4, -0.2) is 57.3 Å². The monoisotopic (exact) mass is 424 g/mol. The zero-order valence-corrected chi connectivity index (χ0v) is 18.5. The maximum atomic E-state index is 12.8. The summed E-state index contributed by atoms with van der Waals surface area (Å²) in [5.74, 6) is 1.54. The Morgan fingerprint density at radius 2 is 1.81 bits per heavy atom. The van der Waals surface area contributed by atoms with Gasteiger partial charge in [0.15, 0.2) is 0 Å². The molecule has 2 aliphatic heterocycles. The van der Waals surface area contributed by atoms with Crippen LogP contribution in [0.2, 0.25) is 0 Å². The number of rotatable bonds is 4. The zero-order chi connectivity index (χ0) is 22.0. The highest BCUT2D eigenvalue weighted by Crippen LogP contribution is 2.24. The second kappa shape index (κ2) is 9.20. The Bertz CT molecular complexity index is 1020. The zero-order valence-electron chi connectivity index (χ0n) is 18.5. The molecule has 0 aliphatic carbocycles. The fraction of sp³-hybridized carbons (Fsp3) is 0.583. The third-order valence-electron chi connectivity index (χ3n) is 6.77. The minimum atomic E-state index is -0.101. The molecule has 0 N–H and O–H groups in total. The molecule has 0 saturated carbocycles. The van der Waals surface area contributed by atoms with Gasteiger partial charge in [-0.1, -0.05) is 19.1 Å². The second-order valence-electron chi connectivity index (χ2n) is 9.07. The Balaban J connectivity index is 1.32. The van der Waals surface area contributed by atoms with E-state index in [2.05, 4.69) is 11.9 Å². The average Bonchev–Trinajstić information content (AvgIpc) is 2.78. The first-order valence-electron chi connectivity index (χ1n) is 11.5. The Hall–Kier alpha value is -2.70. The van der Waals surface area contributed by atoms with Crippen molar-refractivity contribution in [3.05, 3.63) is 40.4 Å². The van der Waals surface area contributed by atoms with Gasteiger partial charge in [0.1, 0.15) is 5.82 Å². The lowest BCUT2D eigenvalue weighted by Gasteiger charge is -2.37. The quantitative estimate of drug-likeness (QED) is 0.756. The molecule has 0 radical (unpaired) electrons. The van der Waals surface area contributed by atoms with Gasteiger partial charge in [-0.05, 0) is 50.7 Å². The molecule has 1 aromatic carbocycles. The van der Waals surface area contributed by atoms with Crippen molar-refractivity contribution in [2.24, 2.45) is 11.8 Å². The third kappa shape index (κ3) is 4.65. The van der Waals surface area contributed by atoms with E-state index in [-0.39, 0.29) is 29.7 Å². The van der Waals surface area contributed by atoms with Gasteiger partial charge in [-0.15, -0.1) is 0 Å². The predicted octanol–water partition coefficient (Wildman–Crippen LogP) is 2.59. The van der Waals surface area contributed by atoms with E-state index in [4.69, 9.17) is 0 Å². The number of carbonyl (C=O) groups excluding carboxylic acids is 2. The number of aromatic nitrogens is 2. The molecule has 7 heteroatoms. The van der Waals surface area contributed by atoms with Crippen LogP contribution in [-0.2, 0) is 16.1 Å². The van der Waals surface area contributed by atoms with Crippen molar-refractivity contribution in [3.8, 4) is 0 Å². The number of aryl methyl sites for hydroxylation is 1. The van der Waals surface area contributed by atoms with Gasteiger partial charge in [0.2, 0.25) is 11.8 Å². The number of hydrogen-bond donors (Lipinski definition) is 0. The van der Waals surface area contributed by atoms with Crippen molar-refractivity contribution in [2.75, 3.05) is 26.2 Å². The second-order valence-corrected chi connectivity index (χ2v) is 9.07. The van der Waals surface area contributed by atoms with Crippen LogP contribution in [0.1, 0.15) is 44.9 Å². The molecule has 4 rings (SSSR count). The Labute approximate surface area is 183 Å². The van der Waals surface area contributed by atoms with Gasteiger partial charge in [-0.2, -0.15) is 0 Å². The summed E-state index contributed by atoms with van der Waals surface area (Å²) in [6, 6.07) is 7.29. The van der Waals surface area contributed by atoms with Crippen LogP contribution in [0.3, 0.4) is 0 Å². The normalized spacial score (nSPS) is 20.3. The fourth-order valence-electron chi connectivity index (χ4n) is 4.93. The molecule has 3 heterocycles. The van der Waals surface area contributed by atoms with Gasteiger partial charge in [0, 0.05) is 45.1 Å². The molecule has 166 valence electrons. The molecular weight excluding hydrogens is 392 g/mol. The molecule has 2 saturated heterocycles. The molecule has 1 unspecified atom stereocenters. The van der Waals surface area contributed by atoms with Crippen molar-refractivity contribution >= 4 is 22.7 Å². The number of hydrogen-bond acceptors (Lipinski definition) is 4. The van der Waals surface area contributed by atoms with Crippen LogP contribution >= 0.6 is 0 Å². The Kier molecular flexibility index (Phi) is 6.39. The topological polar surface area (TPSA) is 75.5 Å². The summed E-state index contributed by atoms with van der Waals surface area (Å²) in [4.78, 5) is 46.8. The summed E-state index contributed by atoms with van der Waals surface area (Å²) in [5.41, 5.74) is 0.582. The van der Waals surface area contributed by atoms with Gasteiger partial charge in [0.25, 0.3) is 5.56 Å². The largest absolute Gasteiger partial charge is 0.343 e. The number of amides is 2. The molecular formula is C24H32N4O3. The maximum Gasteiger partial charge on any atom is 0.261 e. The predicted molar refractivity (Wildman–Crippen MR) is 120 cm³/mol. The summed E-state index contributed by atoms with van der Waals surface area (Å²) < 4.78 is 1.59. The number of likely N-dealkylation sites (tertiary alicyclic amines) is 2. The molecule has 7 nitrogen and oxygen atoms in total. The first-order chi connectivity index (χ1) is 14.9. The summed E-state index contributed by atoms with van der Waals surface area (Å²) in [7, 11) is 0. The SMILES string of the molecule is Cc1nc2ccccc2c(=O)n1CCC(=O)N1CCC(C(=O)N2CCCC(C)C2)CC1. The van der Waals surface area contributed by atoms with E-state index < -0.39 is 0 Å². The average molecular weight is 425 g/mol. The molecule has 31 heavy (non-hydrogen) atoms. The lowest BCUT2D eigenvalue weighted by atomic mass is 9.92. The third-order valence-corrected chi connectivity index (χ3v) is 6.77. The van der Waals surface area contributed by atoms with Crippen LogP contribution < -0.4 is 5.56 Å².